The lowest BCUT2D eigenvalue weighted by molar-refractivity contribution is -0.155. The van der Waals surface area contributed by atoms with Crippen LogP contribution >= 0.6 is 0 Å². The molecule has 1 aromatic heterocycles. The van der Waals surface area contributed by atoms with E-state index in [2.05, 4.69) is 10.3 Å². The van der Waals surface area contributed by atoms with E-state index in [1.165, 1.54) is 24.5 Å². The number of hydrogen-bond acceptors (Lipinski definition) is 4. The molecule has 0 spiro atoms. The van der Waals surface area contributed by atoms with Gasteiger partial charge < -0.3 is 5.32 Å². The maximum absolute atomic E-state index is 13.0. The second-order valence-corrected chi connectivity index (χ2v) is 7.59. The fraction of sp³-hybridized carbons (Fsp3) is 0.615. The Balaban J connectivity index is 2.01. The fourth-order valence-corrected chi connectivity index (χ4v) is 4.20. The van der Waals surface area contributed by atoms with Crippen LogP contribution in [0.4, 0.5) is 13.2 Å². The average molecular weight is 322 g/mol. The molecule has 2 atom stereocenters. The Morgan fingerprint density at radius 2 is 2.00 bits per heavy atom. The molecule has 0 saturated carbocycles. The van der Waals surface area contributed by atoms with Gasteiger partial charge in [0.15, 0.2) is 9.84 Å². The van der Waals surface area contributed by atoms with Crippen molar-refractivity contribution in [2.24, 2.45) is 0 Å². The minimum atomic E-state index is -4.42. The van der Waals surface area contributed by atoms with E-state index in [4.69, 9.17) is 0 Å². The molecule has 1 N–H and O–H groups in total. The third-order valence-corrected chi connectivity index (χ3v) is 5.91. The van der Waals surface area contributed by atoms with Gasteiger partial charge in [0.2, 0.25) is 0 Å². The third-order valence-electron chi connectivity index (χ3n) is 3.64. The van der Waals surface area contributed by atoms with Gasteiger partial charge in [0.25, 0.3) is 0 Å². The minimum absolute atomic E-state index is 0.0698. The Morgan fingerprint density at radius 1 is 1.33 bits per heavy atom. The van der Waals surface area contributed by atoms with E-state index < -0.39 is 27.3 Å². The van der Waals surface area contributed by atoms with Crippen molar-refractivity contribution < 1.29 is 21.6 Å². The van der Waals surface area contributed by atoms with Crippen LogP contribution in [0.1, 0.15) is 18.4 Å². The van der Waals surface area contributed by atoms with Crippen molar-refractivity contribution in [2.45, 2.75) is 36.7 Å². The molecule has 1 aromatic rings. The lowest BCUT2D eigenvalue weighted by Crippen LogP contribution is -2.47. The summed E-state index contributed by atoms with van der Waals surface area (Å²) in [5.74, 6) is 0.0698. The van der Waals surface area contributed by atoms with Crippen LogP contribution in [0.2, 0.25) is 0 Å². The van der Waals surface area contributed by atoms with Gasteiger partial charge in [0.1, 0.15) is 6.04 Å². The number of rotatable bonds is 5. The van der Waals surface area contributed by atoms with Gasteiger partial charge in [-0.1, -0.05) is 0 Å². The molecule has 0 amide bonds. The Hall–Kier alpha value is -1.15. The number of pyridine rings is 1. The van der Waals surface area contributed by atoms with Crippen molar-refractivity contribution in [3.05, 3.63) is 30.1 Å². The molecule has 8 heteroatoms. The molecule has 0 radical (unpaired) electrons. The Kier molecular flexibility index (Phi) is 4.88. The van der Waals surface area contributed by atoms with Gasteiger partial charge in [-0.3, -0.25) is 4.98 Å². The van der Waals surface area contributed by atoms with E-state index in [-0.39, 0.29) is 18.7 Å². The molecule has 2 heterocycles. The van der Waals surface area contributed by atoms with Gasteiger partial charge in [-0.05, 0) is 37.0 Å². The first kappa shape index (κ1) is 16.2. The van der Waals surface area contributed by atoms with Gasteiger partial charge in [0, 0.05) is 18.9 Å². The van der Waals surface area contributed by atoms with E-state index in [0.29, 0.717) is 18.4 Å². The van der Waals surface area contributed by atoms with Gasteiger partial charge in [-0.15, -0.1) is 0 Å². The van der Waals surface area contributed by atoms with Gasteiger partial charge in [-0.2, -0.15) is 13.2 Å². The van der Waals surface area contributed by atoms with Crippen LogP contribution < -0.4 is 5.32 Å². The summed E-state index contributed by atoms with van der Waals surface area (Å²) in [6.45, 7) is -0.155. The quantitative estimate of drug-likeness (QED) is 0.897. The monoisotopic (exact) mass is 322 g/mol. The molecule has 118 valence electrons. The van der Waals surface area contributed by atoms with Crippen molar-refractivity contribution in [2.75, 3.05) is 12.3 Å². The molecule has 4 nitrogen and oxygen atoms in total. The second-order valence-electron chi connectivity index (χ2n) is 5.19. The first-order chi connectivity index (χ1) is 9.79. The number of nitrogens with one attached hydrogen (secondary N) is 1. The summed E-state index contributed by atoms with van der Waals surface area (Å²) in [6.07, 6.45) is -0.844. The number of alkyl halides is 3. The van der Waals surface area contributed by atoms with E-state index in [1.54, 1.807) is 0 Å². The summed E-state index contributed by atoms with van der Waals surface area (Å²) < 4.78 is 62.4. The molecule has 21 heavy (non-hydrogen) atoms. The number of sulfone groups is 1. The molecule has 0 bridgehead atoms. The first-order valence-electron chi connectivity index (χ1n) is 6.69. The van der Waals surface area contributed by atoms with E-state index in [9.17, 15) is 21.6 Å². The van der Waals surface area contributed by atoms with Gasteiger partial charge in [-0.25, -0.2) is 8.42 Å². The van der Waals surface area contributed by atoms with E-state index in [1.807, 2.05) is 0 Å². The maximum Gasteiger partial charge on any atom is 0.404 e. The largest absolute Gasteiger partial charge is 0.404 e. The summed E-state index contributed by atoms with van der Waals surface area (Å²) in [4.78, 5) is 3.76. The maximum atomic E-state index is 13.0. The SMILES string of the molecule is O=S1(=O)CCC[C@@H]1CN[C@H](Cc1ccncc1)C(F)(F)F. The molecular formula is C13H17F3N2O2S. The lowest BCUT2D eigenvalue weighted by Gasteiger charge is -2.23. The number of halogens is 3. The Bertz CT molecular complexity index is 561. The minimum Gasteiger partial charge on any atom is -0.305 e. The first-order valence-corrected chi connectivity index (χ1v) is 8.41. The van der Waals surface area contributed by atoms with Crippen LogP contribution in [0.3, 0.4) is 0 Å². The molecule has 1 aliphatic heterocycles. The molecule has 1 aliphatic rings. The summed E-state index contributed by atoms with van der Waals surface area (Å²) in [5, 5.41) is 1.67. The lowest BCUT2D eigenvalue weighted by atomic mass is 10.1. The molecular weight excluding hydrogens is 305 g/mol. The molecule has 0 aromatic carbocycles. The topological polar surface area (TPSA) is 59.1 Å². The Morgan fingerprint density at radius 3 is 2.52 bits per heavy atom. The van der Waals surface area contributed by atoms with Crippen LogP contribution in [0.5, 0.6) is 0 Å². The molecule has 0 unspecified atom stereocenters. The normalized spacial score (nSPS) is 23.1. The summed E-state index contributed by atoms with van der Waals surface area (Å²) in [7, 11) is -3.24. The van der Waals surface area contributed by atoms with Crippen molar-refractivity contribution in [1.29, 1.82) is 0 Å². The zero-order chi connectivity index (χ0) is 15.5. The van der Waals surface area contributed by atoms with E-state index >= 15 is 0 Å². The summed E-state index contributed by atoms with van der Waals surface area (Å²) >= 11 is 0. The standard InChI is InChI=1S/C13H17F3N2O2S/c14-13(15,16)12(8-10-3-5-17-6-4-10)18-9-11-2-1-7-21(11,19)20/h3-6,11-12,18H,1-2,7-9H2/t11-,12-/m1/s1. The summed E-state index contributed by atoms with van der Waals surface area (Å²) in [6, 6.07) is 1.29. The van der Waals surface area contributed by atoms with Gasteiger partial charge in [0.05, 0.1) is 11.0 Å². The molecule has 2 rings (SSSR count). The van der Waals surface area contributed by atoms with Crippen LogP contribution in [0.15, 0.2) is 24.5 Å². The smallest absolute Gasteiger partial charge is 0.305 e. The highest BCUT2D eigenvalue weighted by Gasteiger charge is 2.41. The zero-order valence-corrected chi connectivity index (χ0v) is 12.1. The number of nitrogens with zero attached hydrogens (tertiary/aromatic N) is 1. The average Bonchev–Trinajstić information content (AvgIpc) is 2.73. The third kappa shape index (κ3) is 4.41. The van der Waals surface area contributed by atoms with Crippen molar-refractivity contribution >= 4 is 9.84 Å². The highest BCUT2D eigenvalue weighted by atomic mass is 32.2. The molecule has 0 aliphatic carbocycles. The number of aromatic nitrogens is 1. The summed E-state index contributed by atoms with van der Waals surface area (Å²) in [5.41, 5.74) is 0.508. The predicted molar refractivity (Wildman–Crippen MR) is 72.6 cm³/mol. The van der Waals surface area contributed by atoms with Gasteiger partial charge >= 0.3 is 6.18 Å². The number of hydrogen-bond donors (Lipinski definition) is 1. The highest BCUT2D eigenvalue weighted by Crippen LogP contribution is 2.25. The highest BCUT2D eigenvalue weighted by molar-refractivity contribution is 7.92. The van der Waals surface area contributed by atoms with E-state index in [0.717, 1.165) is 0 Å². The van der Waals surface area contributed by atoms with Crippen molar-refractivity contribution in [1.82, 2.24) is 10.3 Å². The van der Waals surface area contributed by atoms with Crippen molar-refractivity contribution in [3.8, 4) is 0 Å². The van der Waals surface area contributed by atoms with Crippen LogP contribution in [-0.4, -0.2) is 43.2 Å². The second kappa shape index (κ2) is 6.31. The van der Waals surface area contributed by atoms with Crippen LogP contribution in [-0.2, 0) is 16.3 Å². The Labute approximate surface area is 121 Å². The zero-order valence-electron chi connectivity index (χ0n) is 11.3. The van der Waals surface area contributed by atoms with Crippen molar-refractivity contribution in [3.63, 3.8) is 0 Å². The molecule has 1 saturated heterocycles. The predicted octanol–water partition coefficient (Wildman–Crippen LogP) is 1.72. The van der Waals surface area contributed by atoms with Crippen LogP contribution in [0.25, 0.3) is 0 Å². The fourth-order valence-electron chi connectivity index (χ4n) is 2.42. The van der Waals surface area contributed by atoms with Crippen LogP contribution in [0, 0.1) is 0 Å². The molecule has 1 fully saturated rings.